The zero-order valence-corrected chi connectivity index (χ0v) is 7.56. The Bertz CT molecular complexity index is 273. The Morgan fingerprint density at radius 1 is 1.46 bits per heavy atom. The fourth-order valence-corrected chi connectivity index (χ4v) is 1.60. The van der Waals surface area contributed by atoms with Gasteiger partial charge in [0.15, 0.2) is 0 Å². The molecule has 0 bridgehead atoms. The molecular weight excluding hydrogens is 168 g/mol. The van der Waals surface area contributed by atoms with Crippen LogP contribution in [0.15, 0.2) is 6.33 Å². The summed E-state index contributed by atoms with van der Waals surface area (Å²) in [5.41, 5.74) is 0. The van der Waals surface area contributed by atoms with Crippen molar-refractivity contribution in [3.05, 3.63) is 12.2 Å². The van der Waals surface area contributed by atoms with Crippen molar-refractivity contribution in [1.82, 2.24) is 19.7 Å². The zero-order chi connectivity index (χ0) is 9.10. The van der Waals surface area contributed by atoms with Crippen LogP contribution in [0.5, 0.6) is 0 Å². The number of nitrogens with zero attached hydrogens (tertiary/aromatic N) is 4. The van der Waals surface area contributed by atoms with Crippen molar-refractivity contribution in [2.75, 3.05) is 19.7 Å². The van der Waals surface area contributed by atoms with Crippen LogP contribution in [0.4, 0.5) is 0 Å². The fraction of sp³-hybridized carbons (Fsp3) is 0.750. The van der Waals surface area contributed by atoms with Crippen LogP contribution in [0.2, 0.25) is 0 Å². The number of hydrogen-bond donors (Lipinski definition) is 1. The van der Waals surface area contributed by atoms with Crippen molar-refractivity contribution in [3.63, 3.8) is 0 Å². The Kier molecular flexibility index (Phi) is 2.56. The molecule has 0 saturated carbocycles. The van der Waals surface area contributed by atoms with Crippen LogP contribution in [-0.2, 0) is 13.1 Å². The van der Waals surface area contributed by atoms with Gasteiger partial charge in [-0.1, -0.05) is 0 Å². The third-order valence-electron chi connectivity index (χ3n) is 2.35. The molecule has 0 spiro atoms. The highest BCUT2D eigenvalue weighted by molar-refractivity contribution is 4.89. The van der Waals surface area contributed by atoms with Crippen molar-refractivity contribution in [2.45, 2.75) is 19.5 Å². The second-order valence-corrected chi connectivity index (χ2v) is 3.29. The summed E-state index contributed by atoms with van der Waals surface area (Å²) in [4.78, 5) is 2.29. The monoisotopic (exact) mass is 182 g/mol. The van der Waals surface area contributed by atoms with Gasteiger partial charge < -0.3 is 9.67 Å². The molecule has 2 rings (SSSR count). The lowest BCUT2D eigenvalue weighted by atomic mass is 10.3. The number of rotatable bonds is 3. The van der Waals surface area contributed by atoms with Gasteiger partial charge in [0.1, 0.15) is 12.2 Å². The molecule has 0 amide bonds. The maximum absolute atomic E-state index is 8.69. The quantitative estimate of drug-likeness (QED) is 0.683. The molecule has 72 valence electrons. The van der Waals surface area contributed by atoms with Gasteiger partial charge >= 0.3 is 0 Å². The van der Waals surface area contributed by atoms with Gasteiger partial charge in [-0.3, -0.25) is 4.90 Å². The number of aliphatic hydroxyl groups excluding tert-OH is 1. The molecule has 0 aliphatic carbocycles. The van der Waals surface area contributed by atoms with E-state index in [1.165, 1.54) is 0 Å². The van der Waals surface area contributed by atoms with Gasteiger partial charge in [0.2, 0.25) is 0 Å². The number of fused-ring (bicyclic) bond motifs is 1. The average molecular weight is 182 g/mol. The third kappa shape index (κ3) is 1.87. The summed E-state index contributed by atoms with van der Waals surface area (Å²) in [5.74, 6) is 1.03. The van der Waals surface area contributed by atoms with Crippen LogP contribution in [0, 0.1) is 0 Å². The van der Waals surface area contributed by atoms with Crippen LogP contribution in [0.1, 0.15) is 12.2 Å². The van der Waals surface area contributed by atoms with Gasteiger partial charge in [0.25, 0.3) is 0 Å². The van der Waals surface area contributed by atoms with Gasteiger partial charge in [-0.05, 0) is 6.42 Å². The normalized spacial score (nSPS) is 17.3. The molecule has 0 radical (unpaired) electrons. The molecular formula is C8H14N4O. The van der Waals surface area contributed by atoms with Crippen molar-refractivity contribution < 1.29 is 5.11 Å². The van der Waals surface area contributed by atoms with Crippen LogP contribution >= 0.6 is 0 Å². The first-order valence-electron chi connectivity index (χ1n) is 4.60. The first-order valence-corrected chi connectivity index (χ1v) is 4.60. The largest absolute Gasteiger partial charge is 0.396 e. The Balaban J connectivity index is 1.93. The minimum atomic E-state index is 0.267. The maximum Gasteiger partial charge on any atom is 0.147 e. The summed E-state index contributed by atoms with van der Waals surface area (Å²) in [7, 11) is 0. The minimum Gasteiger partial charge on any atom is -0.396 e. The van der Waals surface area contributed by atoms with Crippen LogP contribution in [0.3, 0.4) is 0 Å². The van der Waals surface area contributed by atoms with Crippen LogP contribution in [-0.4, -0.2) is 44.5 Å². The predicted octanol–water partition coefficient (Wildman–Crippen LogP) is -0.524. The van der Waals surface area contributed by atoms with E-state index in [0.29, 0.717) is 0 Å². The second kappa shape index (κ2) is 3.85. The summed E-state index contributed by atoms with van der Waals surface area (Å²) in [6.45, 7) is 4.07. The van der Waals surface area contributed by atoms with E-state index in [1.54, 1.807) is 6.33 Å². The number of aliphatic hydroxyl groups is 1. The highest BCUT2D eigenvalue weighted by atomic mass is 16.3. The zero-order valence-electron chi connectivity index (χ0n) is 7.56. The lowest BCUT2D eigenvalue weighted by molar-refractivity contribution is 0.189. The first-order chi connectivity index (χ1) is 6.40. The first kappa shape index (κ1) is 8.65. The second-order valence-electron chi connectivity index (χ2n) is 3.29. The molecule has 1 aliphatic rings. The van der Waals surface area contributed by atoms with Gasteiger partial charge in [0, 0.05) is 26.2 Å². The molecule has 2 heterocycles. The number of hydrogen-bond acceptors (Lipinski definition) is 4. The molecule has 1 aliphatic heterocycles. The number of aromatic nitrogens is 3. The van der Waals surface area contributed by atoms with E-state index in [0.717, 1.165) is 38.4 Å². The minimum absolute atomic E-state index is 0.267. The van der Waals surface area contributed by atoms with E-state index in [9.17, 15) is 0 Å². The molecule has 0 saturated heterocycles. The highest BCUT2D eigenvalue weighted by Crippen LogP contribution is 2.08. The van der Waals surface area contributed by atoms with Gasteiger partial charge in [-0.15, -0.1) is 10.2 Å². The molecule has 5 heteroatoms. The standard InChI is InChI=1S/C8H14N4O/c13-5-1-2-11-3-4-12-7-9-10-8(12)6-11/h7,13H,1-6H2. The van der Waals surface area contributed by atoms with E-state index in [-0.39, 0.29) is 6.61 Å². The van der Waals surface area contributed by atoms with E-state index >= 15 is 0 Å². The van der Waals surface area contributed by atoms with E-state index in [4.69, 9.17) is 5.11 Å². The molecule has 0 atom stereocenters. The molecule has 1 N–H and O–H groups in total. The maximum atomic E-state index is 8.69. The van der Waals surface area contributed by atoms with E-state index in [2.05, 4.69) is 19.7 Å². The summed E-state index contributed by atoms with van der Waals surface area (Å²) in [6, 6.07) is 0. The Labute approximate surface area is 77.0 Å². The van der Waals surface area contributed by atoms with Gasteiger partial charge in [-0.25, -0.2) is 0 Å². The Morgan fingerprint density at radius 3 is 3.23 bits per heavy atom. The Hall–Kier alpha value is -0.940. The molecule has 5 nitrogen and oxygen atoms in total. The van der Waals surface area contributed by atoms with Crippen molar-refractivity contribution in [3.8, 4) is 0 Å². The smallest absolute Gasteiger partial charge is 0.147 e. The predicted molar refractivity (Wildman–Crippen MR) is 47.0 cm³/mol. The molecule has 0 fully saturated rings. The van der Waals surface area contributed by atoms with Crippen molar-refractivity contribution >= 4 is 0 Å². The molecule has 1 aromatic heterocycles. The van der Waals surface area contributed by atoms with Gasteiger partial charge in [0.05, 0.1) is 6.54 Å². The summed E-state index contributed by atoms with van der Waals surface area (Å²) < 4.78 is 2.08. The lowest BCUT2D eigenvalue weighted by Crippen LogP contribution is -2.34. The van der Waals surface area contributed by atoms with E-state index < -0.39 is 0 Å². The average Bonchev–Trinajstić information content (AvgIpc) is 2.61. The van der Waals surface area contributed by atoms with Crippen LogP contribution in [0.25, 0.3) is 0 Å². The summed E-state index contributed by atoms with van der Waals surface area (Å²) >= 11 is 0. The molecule has 1 aromatic rings. The molecule has 13 heavy (non-hydrogen) atoms. The van der Waals surface area contributed by atoms with Crippen LogP contribution < -0.4 is 0 Å². The highest BCUT2D eigenvalue weighted by Gasteiger charge is 2.16. The molecule has 0 aromatic carbocycles. The molecule has 0 unspecified atom stereocenters. The van der Waals surface area contributed by atoms with Crippen molar-refractivity contribution in [1.29, 1.82) is 0 Å². The van der Waals surface area contributed by atoms with E-state index in [1.807, 2.05) is 0 Å². The summed E-state index contributed by atoms with van der Waals surface area (Å²) in [6.07, 6.45) is 2.62. The van der Waals surface area contributed by atoms with Gasteiger partial charge in [-0.2, -0.15) is 0 Å². The van der Waals surface area contributed by atoms with Crippen molar-refractivity contribution in [2.24, 2.45) is 0 Å². The summed E-state index contributed by atoms with van der Waals surface area (Å²) in [5, 5.41) is 16.6. The SMILES string of the molecule is OCCCN1CCn2cnnc2C1. The topological polar surface area (TPSA) is 54.2 Å². The Morgan fingerprint density at radius 2 is 2.38 bits per heavy atom. The third-order valence-corrected chi connectivity index (χ3v) is 2.35. The lowest BCUT2D eigenvalue weighted by Gasteiger charge is -2.26. The fourth-order valence-electron chi connectivity index (χ4n) is 1.60.